The summed E-state index contributed by atoms with van der Waals surface area (Å²) >= 11 is 22.0. The number of nitrogens with zero attached hydrogens (tertiary/aromatic N) is 9. The summed E-state index contributed by atoms with van der Waals surface area (Å²) in [6.45, 7) is 20.4. The minimum absolute atomic E-state index is 0.268. The zero-order valence-electron chi connectivity index (χ0n) is 35.8. The zero-order valence-corrected chi connectivity index (χ0v) is 41.0. The molecule has 0 aliphatic heterocycles. The van der Waals surface area contributed by atoms with Gasteiger partial charge in [-0.2, -0.15) is 15.0 Å². The van der Waals surface area contributed by atoms with Crippen molar-refractivity contribution in [2.24, 2.45) is 10.2 Å². The number of azo groups is 1. The number of hydrogen-bond acceptors (Lipinski definition) is 15. The van der Waals surface area contributed by atoms with Gasteiger partial charge in [-0.05, 0) is 130 Å². The average Bonchev–Trinajstić information content (AvgIpc) is 3.93. The Hall–Kier alpha value is -4.89. The Kier molecular flexibility index (Phi) is 11.8. The van der Waals surface area contributed by atoms with Gasteiger partial charge in [-0.1, -0.05) is 55.6 Å². The largest absolute Gasteiger partial charge is 0.338 e. The maximum atomic E-state index is 10.7. The first-order valence-electron chi connectivity index (χ1n) is 19.7. The maximum absolute atomic E-state index is 10.7. The van der Waals surface area contributed by atoms with E-state index in [1.165, 1.54) is 11.3 Å². The molecule has 0 atom stereocenters. The van der Waals surface area contributed by atoms with Crippen molar-refractivity contribution in [3.05, 3.63) is 105 Å². The normalized spacial score (nSPS) is 12.0. The third kappa shape index (κ3) is 7.99. The Balaban J connectivity index is 1.38. The van der Waals surface area contributed by atoms with E-state index in [1.807, 2.05) is 84.0 Å². The number of fused-ring (bicyclic) bond motifs is 2. The topological polar surface area (TPSA) is 120 Å². The monoisotopic (exact) mass is 928 g/mol. The molecule has 1 N–H and O–H groups in total. The molecule has 0 bridgehead atoms. The van der Waals surface area contributed by atoms with E-state index in [4.69, 9.17) is 55.5 Å². The summed E-state index contributed by atoms with van der Waals surface area (Å²) in [4.78, 5) is 21.0. The van der Waals surface area contributed by atoms with E-state index in [0.29, 0.717) is 33.7 Å². The van der Waals surface area contributed by atoms with E-state index < -0.39 is 5.41 Å². The molecule has 4 aromatic heterocycles. The molecule has 0 fully saturated rings. The van der Waals surface area contributed by atoms with Crippen molar-refractivity contribution in [3.63, 3.8) is 0 Å². The number of aryl methyl sites for hydroxylation is 5. The molecule has 4 heterocycles. The minimum Gasteiger partial charge on any atom is -0.338 e. The molecule has 0 aliphatic carbocycles. The Labute approximate surface area is 391 Å². The predicted octanol–water partition coefficient (Wildman–Crippen LogP) is 14.6. The van der Waals surface area contributed by atoms with Crippen molar-refractivity contribution >= 4 is 133 Å². The minimum atomic E-state index is -0.482. The first-order valence-corrected chi connectivity index (χ1v) is 23.1. The smallest absolute Gasteiger partial charge is 0.213 e. The molecule has 0 unspecified atom stereocenters. The second kappa shape index (κ2) is 16.7. The van der Waals surface area contributed by atoms with E-state index in [2.05, 4.69) is 81.4 Å². The molecule has 0 saturated heterocycles. The van der Waals surface area contributed by atoms with Gasteiger partial charge in [0.25, 0.3) is 0 Å². The molecule has 314 valence electrons. The Morgan fingerprint density at radius 3 is 1.97 bits per heavy atom. The molecule has 62 heavy (non-hydrogen) atoms. The van der Waals surface area contributed by atoms with Crippen LogP contribution in [0.5, 0.6) is 0 Å². The molecule has 4 aromatic carbocycles. The van der Waals surface area contributed by atoms with E-state index >= 15 is 0 Å². The van der Waals surface area contributed by atoms with Crippen LogP contribution >= 0.6 is 73.2 Å². The van der Waals surface area contributed by atoms with Crippen LogP contribution in [0.25, 0.3) is 25.6 Å². The molecule has 0 spiro atoms. The van der Waals surface area contributed by atoms with Gasteiger partial charge in [-0.15, -0.1) is 60.7 Å². The molecular weight excluding hydrogens is 885 g/mol. The number of anilines is 5. The first-order chi connectivity index (χ1) is 29.3. The van der Waals surface area contributed by atoms with Gasteiger partial charge >= 0.3 is 0 Å². The quantitative estimate of drug-likeness (QED) is 0.0760. The Morgan fingerprint density at radius 2 is 1.32 bits per heavy atom. The van der Waals surface area contributed by atoms with Crippen molar-refractivity contribution < 1.29 is 0 Å². The fourth-order valence-electron chi connectivity index (χ4n) is 7.63. The average molecular weight is 929 g/mol. The van der Waals surface area contributed by atoms with Crippen molar-refractivity contribution in [1.82, 2.24) is 24.7 Å². The summed E-state index contributed by atoms with van der Waals surface area (Å²) < 4.78 is 3.56. The molecule has 0 amide bonds. The Morgan fingerprint density at radius 1 is 0.710 bits per heavy atom. The number of thiol groups is 4. The maximum Gasteiger partial charge on any atom is 0.213 e. The highest BCUT2D eigenvalue weighted by Crippen LogP contribution is 2.47. The second-order valence-corrected chi connectivity index (χ2v) is 20.4. The lowest BCUT2D eigenvalue weighted by Crippen LogP contribution is -2.16. The molecule has 8 rings (SSSR count). The number of benzene rings is 4. The van der Waals surface area contributed by atoms with Crippen LogP contribution in [0.15, 0.2) is 84.4 Å². The third-order valence-corrected chi connectivity index (χ3v) is 14.6. The second-order valence-electron chi connectivity index (χ2n) is 16.5. The molecule has 10 nitrogen and oxygen atoms in total. The van der Waals surface area contributed by atoms with Gasteiger partial charge in [0.05, 0.1) is 31.8 Å². The molecule has 0 radical (unpaired) electrons. The van der Waals surface area contributed by atoms with Crippen LogP contribution in [0.4, 0.5) is 39.6 Å². The summed E-state index contributed by atoms with van der Waals surface area (Å²) in [6, 6.07) is 20.4. The summed E-state index contributed by atoms with van der Waals surface area (Å²) in [7, 11) is 0. The van der Waals surface area contributed by atoms with Gasteiger partial charge in [-0.25, -0.2) is 15.0 Å². The molecular formula is C46H44N10S6. The van der Waals surface area contributed by atoms with E-state index in [-0.39, 0.29) is 5.82 Å². The first kappa shape index (κ1) is 43.7. The fraction of sp³-hybridized carbons (Fsp3) is 0.239. The summed E-state index contributed by atoms with van der Waals surface area (Å²) in [5.41, 5.74) is 11.3. The van der Waals surface area contributed by atoms with Gasteiger partial charge in [0.15, 0.2) is 16.8 Å². The van der Waals surface area contributed by atoms with E-state index in [0.717, 1.165) is 95.5 Å². The van der Waals surface area contributed by atoms with Gasteiger partial charge < -0.3 is 5.32 Å². The number of rotatable bonds is 8. The van der Waals surface area contributed by atoms with Crippen LogP contribution in [-0.4, -0.2) is 24.7 Å². The molecule has 8 aromatic rings. The van der Waals surface area contributed by atoms with Gasteiger partial charge in [-0.3, -0.25) is 4.90 Å². The fourth-order valence-corrected chi connectivity index (χ4v) is 10.5. The van der Waals surface area contributed by atoms with Crippen LogP contribution < -0.4 is 10.2 Å². The zero-order chi connectivity index (χ0) is 44.5. The van der Waals surface area contributed by atoms with Crippen LogP contribution in [0.3, 0.4) is 0 Å². The number of hydrogen-bond donors (Lipinski definition) is 5. The van der Waals surface area contributed by atoms with Crippen molar-refractivity contribution in [1.29, 1.82) is 5.26 Å². The van der Waals surface area contributed by atoms with Gasteiger partial charge in [0, 0.05) is 30.7 Å². The molecule has 0 aliphatic rings. The number of aromatic nitrogens is 5. The lowest BCUT2D eigenvalue weighted by Gasteiger charge is -2.27. The van der Waals surface area contributed by atoms with Crippen molar-refractivity contribution in [2.45, 2.75) is 94.2 Å². The highest BCUT2D eigenvalue weighted by atomic mass is 32.1. The predicted molar refractivity (Wildman–Crippen MR) is 268 cm³/mol. The standard InChI is InChI=1S/C46H44N10S6/c1-21-15-24(4)39(59)26(6)36(21)51-42-37(52-53-43-30(20-47)41(46(8,9)10)54-56(43)45-49-32-14-12-29(58)19-34(32)62-45)22(2)17-35(50-42)55(38-23(3)16-25(5)40(60)27(38)7)44-48-31-13-11-28(57)18-33(31)61-44/h11-19,57-60H,1-10H3,(H,50,51)/b53-52+. The van der Waals surface area contributed by atoms with Crippen LogP contribution in [-0.2, 0) is 5.41 Å². The highest BCUT2D eigenvalue weighted by molar-refractivity contribution is 7.81. The lowest BCUT2D eigenvalue weighted by molar-refractivity contribution is 0.559. The summed E-state index contributed by atoms with van der Waals surface area (Å²) in [5, 5.41) is 30.5. The van der Waals surface area contributed by atoms with Crippen LogP contribution in [0.2, 0.25) is 0 Å². The number of pyridine rings is 1. The van der Waals surface area contributed by atoms with Gasteiger partial charge in [0.1, 0.15) is 23.1 Å². The van der Waals surface area contributed by atoms with Crippen molar-refractivity contribution in [2.75, 3.05) is 10.2 Å². The molecule has 0 saturated carbocycles. The van der Waals surface area contributed by atoms with Crippen LogP contribution in [0, 0.1) is 59.8 Å². The SMILES string of the molecule is Cc1cc(C)c(Nc2nc(N(c3nc4ccc(S)cc4s3)c3c(C)cc(C)c(S)c3C)cc(C)c2/N=N/c2c(C#N)c(C(C)(C)C)nn2-c2nc3ccc(S)cc3s2)c(C)c1S. The van der Waals surface area contributed by atoms with Crippen molar-refractivity contribution in [3.8, 4) is 11.2 Å². The van der Waals surface area contributed by atoms with Crippen LogP contribution in [0.1, 0.15) is 71.0 Å². The highest BCUT2D eigenvalue weighted by Gasteiger charge is 2.30. The van der Waals surface area contributed by atoms with Gasteiger partial charge in [0.2, 0.25) is 5.13 Å². The number of thiazole rings is 2. The van der Waals surface area contributed by atoms with E-state index in [1.54, 1.807) is 16.0 Å². The third-order valence-electron chi connectivity index (χ3n) is 10.7. The lowest BCUT2D eigenvalue weighted by atomic mass is 9.90. The van der Waals surface area contributed by atoms with E-state index in [9.17, 15) is 5.26 Å². The Bertz CT molecular complexity index is 3200. The summed E-state index contributed by atoms with van der Waals surface area (Å²) in [5.74, 6) is 1.33. The summed E-state index contributed by atoms with van der Waals surface area (Å²) in [6.07, 6.45) is 0. The molecule has 16 heteroatoms. The number of nitrogens with one attached hydrogen (secondary N) is 1. The number of nitriles is 1.